The average molecular weight is 321 g/mol. The molecule has 0 spiro atoms. The van der Waals surface area contributed by atoms with E-state index in [1.807, 2.05) is 49.4 Å². The van der Waals surface area contributed by atoms with Crippen LogP contribution < -0.4 is 5.32 Å². The van der Waals surface area contributed by atoms with E-state index < -0.39 is 0 Å². The van der Waals surface area contributed by atoms with Gasteiger partial charge in [0.15, 0.2) is 0 Å². The highest BCUT2D eigenvalue weighted by atomic mass is 32.1. The van der Waals surface area contributed by atoms with Gasteiger partial charge in [0.2, 0.25) is 0 Å². The van der Waals surface area contributed by atoms with Crippen LogP contribution in [0.5, 0.6) is 0 Å². The Balaban J connectivity index is 1.56. The Morgan fingerprint density at radius 3 is 2.78 bits per heavy atom. The van der Waals surface area contributed by atoms with Crippen LogP contribution in [-0.2, 0) is 6.54 Å². The number of amides is 1. The number of imidazole rings is 1. The predicted octanol–water partition coefficient (Wildman–Crippen LogP) is 4.02. The van der Waals surface area contributed by atoms with Gasteiger partial charge in [-0.3, -0.25) is 4.79 Å². The number of benzene rings is 2. The molecule has 5 heteroatoms. The first-order valence-electron chi connectivity index (χ1n) is 7.42. The number of nitrogens with one attached hydrogen (secondary N) is 2. The van der Waals surface area contributed by atoms with Crippen LogP contribution in [-0.4, -0.2) is 15.9 Å². The SMILES string of the molecule is Cc1c(C(=O)NCc2nc3ccccc3[nH]2)sc2ccccc12. The molecule has 23 heavy (non-hydrogen) atoms. The van der Waals surface area contributed by atoms with Gasteiger partial charge in [-0.25, -0.2) is 4.98 Å². The number of hydrogen-bond donors (Lipinski definition) is 2. The molecule has 2 N–H and O–H groups in total. The van der Waals surface area contributed by atoms with Crippen molar-refractivity contribution < 1.29 is 4.79 Å². The number of hydrogen-bond acceptors (Lipinski definition) is 3. The number of aryl methyl sites for hydroxylation is 1. The first-order chi connectivity index (χ1) is 11.2. The average Bonchev–Trinajstić information content (AvgIpc) is 3.14. The molecule has 0 fully saturated rings. The summed E-state index contributed by atoms with van der Waals surface area (Å²) in [5, 5.41) is 4.10. The maximum absolute atomic E-state index is 12.5. The molecule has 0 radical (unpaired) electrons. The van der Waals surface area contributed by atoms with E-state index in [0.717, 1.165) is 37.4 Å². The van der Waals surface area contributed by atoms with Crippen molar-refractivity contribution in [2.75, 3.05) is 0 Å². The van der Waals surface area contributed by atoms with Crippen LogP contribution in [0.2, 0.25) is 0 Å². The summed E-state index contributed by atoms with van der Waals surface area (Å²) in [5.74, 6) is 0.711. The second-order valence-corrected chi connectivity index (χ2v) is 6.49. The van der Waals surface area contributed by atoms with Crippen LogP contribution in [0.4, 0.5) is 0 Å². The van der Waals surface area contributed by atoms with Crippen LogP contribution in [0.1, 0.15) is 21.1 Å². The third-order valence-electron chi connectivity index (χ3n) is 3.90. The molecule has 0 unspecified atom stereocenters. The van der Waals surface area contributed by atoms with Crippen LogP contribution >= 0.6 is 11.3 Å². The molecule has 4 aromatic rings. The van der Waals surface area contributed by atoms with E-state index >= 15 is 0 Å². The molecule has 0 aliphatic carbocycles. The highest BCUT2D eigenvalue weighted by Crippen LogP contribution is 2.30. The number of aromatic nitrogens is 2. The van der Waals surface area contributed by atoms with Crippen molar-refractivity contribution in [2.45, 2.75) is 13.5 Å². The Morgan fingerprint density at radius 1 is 1.17 bits per heavy atom. The molecule has 0 bridgehead atoms. The van der Waals surface area contributed by atoms with Crippen molar-refractivity contribution in [1.29, 1.82) is 0 Å². The summed E-state index contributed by atoms with van der Waals surface area (Å²) in [7, 11) is 0. The van der Waals surface area contributed by atoms with E-state index in [2.05, 4.69) is 21.4 Å². The number of nitrogens with zero attached hydrogens (tertiary/aromatic N) is 1. The fourth-order valence-electron chi connectivity index (χ4n) is 2.72. The van der Waals surface area contributed by atoms with E-state index in [-0.39, 0.29) is 5.91 Å². The summed E-state index contributed by atoms with van der Waals surface area (Å²) < 4.78 is 1.14. The van der Waals surface area contributed by atoms with E-state index in [4.69, 9.17) is 0 Å². The molecule has 4 nitrogen and oxygen atoms in total. The van der Waals surface area contributed by atoms with E-state index in [1.165, 1.54) is 11.3 Å². The van der Waals surface area contributed by atoms with Crippen LogP contribution in [0.15, 0.2) is 48.5 Å². The Bertz CT molecular complexity index is 982. The normalized spacial score (nSPS) is 11.2. The van der Waals surface area contributed by atoms with Gasteiger partial charge in [-0.05, 0) is 36.1 Å². The predicted molar refractivity (Wildman–Crippen MR) is 93.8 cm³/mol. The molecule has 2 aromatic carbocycles. The van der Waals surface area contributed by atoms with Crippen molar-refractivity contribution in [2.24, 2.45) is 0 Å². The van der Waals surface area contributed by atoms with Gasteiger partial charge in [-0.15, -0.1) is 11.3 Å². The largest absolute Gasteiger partial charge is 0.344 e. The van der Waals surface area contributed by atoms with Gasteiger partial charge in [-0.1, -0.05) is 30.3 Å². The Kier molecular flexibility index (Phi) is 3.35. The molecule has 114 valence electrons. The van der Waals surface area contributed by atoms with Gasteiger partial charge in [-0.2, -0.15) is 0 Å². The molecule has 2 aromatic heterocycles. The molecular weight excluding hydrogens is 306 g/mol. The quantitative estimate of drug-likeness (QED) is 0.599. The van der Waals surface area contributed by atoms with Crippen molar-refractivity contribution >= 4 is 38.4 Å². The maximum atomic E-state index is 12.5. The smallest absolute Gasteiger partial charge is 0.262 e. The van der Waals surface area contributed by atoms with Gasteiger partial charge < -0.3 is 10.3 Å². The van der Waals surface area contributed by atoms with Gasteiger partial charge in [0, 0.05) is 4.70 Å². The van der Waals surface area contributed by atoms with Gasteiger partial charge >= 0.3 is 0 Å². The molecular formula is C18H15N3OS. The molecule has 1 amide bonds. The summed E-state index contributed by atoms with van der Waals surface area (Å²) in [6.07, 6.45) is 0. The second-order valence-electron chi connectivity index (χ2n) is 5.44. The lowest BCUT2D eigenvalue weighted by molar-refractivity contribution is 0.0953. The van der Waals surface area contributed by atoms with Crippen LogP contribution in [0.3, 0.4) is 0 Å². The minimum Gasteiger partial charge on any atom is -0.344 e. The van der Waals surface area contributed by atoms with E-state index in [9.17, 15) is 4.79 Å². The van der Waals surface area contributed by atoms with Crippen molar-refractivity contribution in [3.05, 3.63) is 64.8 Å². The van der Waals surface area contributed by atoms with Crippen LogP contribution in [0, 0.1) is 6.92 Å². The monoisotopic (exact) mass is 321 g/mol. The Labute approximate surface area is 137 Å². The van der Waals surface area contributed by atoms with E-state index in [0.29, 0.717) is 6.54 Å². The number of carbonyl (C=O) groups excluding carboxylic acids is 1. The standard InChI is InChI=1S/C18H15N3OS/c1-11-12-6-2-5-9-15(12)23-17(11)18(22)19-10-16-20-13-7-3-4-8-14(13)21-16/h2-9H,10H2,1H3,(H,19,22)(H,20,21). The number of rotatable bonds is 3. The lowest BCUT2D eigenvalue weighted by Crippen LogP contribution is -2.23. The van der Waals surface area contributed by atoms with Crippen LogP contribution in [0.25, 0.3) is 21.1 Å². The number of thiophene rings is 1. The fourth-order valence-corrected chi connectivity index (χ4v) is 3.85. The Hall–Kier alpha value is -2.66. The highest BCUT2D eigenvalue weighted by molar-refractivity contribution is 7.21. The molecule has 2 heterocycles. The number of aromatic amines is 1. The second kappa shape index (κ2) is 5.52. The topological polar surface area (TPSA) is 57.8 Å². The third-order valence-corrected chi connectivity index (χ3v) is 5.18. The van der Waals surface area contributed by atoms with E-state index in [1.54, 1.807) is 0 Å². The number of fused-ring (bicyclic) bond motifs is 2. The minimum absolute atomic E-state index is 0.0517. The number of para-hydroxylation sites is 2. The van der Waals surface area contributed by atoms with Gasteiger partial charge in [0.05, 0.1) is 22.5 Å². The van der Waals surface area contributed by atoms with Crippen molar-refractivity contribution in [1.82, 2.24) is 15.3 Å². The number of H-pyrrole nitrogens is 1. The zero-order valence-corrected chi connectivity index (χ0v) is 13.4. The zero-order chi connectivity index (χ0) is 15.8. The third kappa shape index (κ3) is 2.49. The molecule has 0 atom stereocenters. The lowest BCUT2D eigenvalue weighted by atomic mass is 10.1. The summed E-state index contributed by atoms with van der Waals surface area (Å²) in [4.78, 5) is 20.9. The van der Waals surface area contributed by atoms with Gasteiger partial charge in [0.1, 0.15) is 5.82 Å². The molecule has 0 saturated carbocycles. The lowest BCUT2D eigenvalue weighted by Gasteiger charge is -2.02. The summed E-state index contributed by atoms with van der Waals surface area (Å²) >= 11 is 1.53. The zero-order valence-electron chi connectivity index (χ0n) is 12.6. The first-order valence-corrected chi connectivity index (χ1v) is 8.24. The summed E-state index contributed by atoms with van der Waals surface area (Å²) in [6.45, 7) is 2.39. The molecule has 0 saturated heterocycles. The number of carbonyl (C=O) groups is 1. The van der Waals surface area contributed by atoms with Crippen molar-refractivity contribution in [3.8, 4) is 0 Å². The minimum atomic E-state index is -0.0517. The Morgan fingerprint density at radius 2 is 1.96 bits per heavy atom. The maximum Gasteiger partial charge on any atom is 0.262 e. The summed E-state index contributed by atoms with van der Waals surface area (Å²) in [6, 6.07) is 15.9. The molecule has 4 rings (SSSR count). The fraction of sp³-hybridized carbons (Fsp3) is 0.111. The molecule has 0 aliphatic heterocycles. The first kappa shape index (κ1) is 14.0. The van der Waals surface area contributed by atoms with Crippen molar-refractivity contribution in [3.63, 3.8) is 0 Å². The summed E-state index contributed by atoms with van der Waals surface area (Å²) in [5.41, 5.74) is 2.93. The highest BCUT2D eigenvalue weighted by Gasteiger charge is 2.15. The molecule has 0 aliphatic rings. The van der Waals surface area contributed by atoms with Gasteiger partial charge in [0.25, 0.3) is 5.91 Å².